The number of rotatable bonds is 10. The van der Waals surface area contributed by atoms with Crippen molar-refractivity contribution < 1.29 is 14.7 Å². The van der Waals surface area contributed by atoms with Gasteiger partial charge in [-0.3, -0.25) is 9.59 Å². The van der Waals surface area contributed by atoms with Gasteiger partial charge < -0.3 is 15.7 Å². The first kappa shape index (κ1) is 17.9. The van der Waals surface area contributed by atoms with Gasteiger partial charge in [0.2, 0.25) is 11.8 Å². The van der Waals surface area contributed by atoms with Crippen LogP contribution >= 0.6 is 0 Å². The van der Waals surface area contributed by atoms with Crippen molar-refractivity contribution in [1.29, 1.82) is 0 Å². The van der Waals surface area contributed by atoms with Crippen molar-refractivity contribution in [3.05, 3.63) is 0 Å². The van der Waals surface area contributed by atoms with E-state index < -0.39 is 0 Å². The van der Waals surface area contributed by atoms with E-state index in [1.807, 2.05) is 13.8 Å². The summed E-state index contributed by atoms with van der Waals surface area (Å²) in [6, 6.07) is 0.0527. The molecule has 0 saturated heterocycles. The maximum atomic E-state index is 11.7. The number of aliphatic hydroxyl groups is 1. The fraction of sp³-hybridized carbons (Fsp3) is 0.857. The van der Waals surface area contributed by atoms with Crippen LogP contribution < -0.4 is 10.6 Å². The summed E-state index contributed by atoms with van der Waals surface area (Å²) >= 11 is 0. The SMILES string of the molecule is CC(=O)NCCCCCC(=O)NC(CCO)C(C)C. The second-order valence-electron chi connectivity index (χ2n) is 5.22. The highest BCUT2D eigenvalue weighted by molar-refractivity contribution is 5.76. The van der Waals surface area contributed by atoms with Crippen LogP contribution in [0, 0.1) is 5.92 Å². The molecule has 0 aliphatic heterocycles. The first-order chi connectivity index (χ1) is 8.97. The van der Waals surface area contributed by atoms with Crippen molar-refractivity contribution in [2.45, 2.75) is 58.9 Å². The molecule has 0 aromatic heterocycles. The summed E-state index contributed by atoms with van der Waals surface area (Å²) in [6.07, 6.45) is 3.77. The van der Waals surface area contributed by atoms with Crippen LogP contribution in [0.25, 0.3) is 0 Å². The van der Waals surface area contributed by atoms with Gasteiger partial charge in [-0.25, -0.2) is 0 Å². The molecule has 0 heterocycles. The third-order valence-electron chi connectivity index (χ3n) is 3.05. The summed E-state index contributed by atoms with van der Waals surface area (Å²) in [5.74, 6) is 0.365. The summed E-state index contributed by atoms with van der Waals surface area (Å²) in [5, 5.41) is 14.6. The molecule has 5 heteroatoms. The zero-order valence-electron chi connectivity index (χ0n) is 12.4. The van der Waals surface area contributed by atoms with E-state index in [1.165, 1.54) is 6.92 Å². The highest BCUT2D eigenvalue weighted by Gasteiger charge is 2.14. The van der Waals surface area contributed by atoms with Gasteiger partial charge in [-0.1, -0.05) is 20.3 Å². The van der Waals surface area contributed by atoms with Crippen LogP contribution in [0.1, 0.15) is 52.9 Å². The minimum Gasteiger partial charge on any atom is -0.396 e. The highest BCUT2D eigenvalue weighted by atomic mass is 16.3. The predicted molar refractivity (Wildman–Crippen MR) is 75.6 cm³/mol. The van der Waals surface area contributed by atoms with Gasteiger partial charge in [-0.05, 0) is 25.2 Å². The molecule has 0 bridgehead atoms. The van der Waals surface area contributed by atoms with Gasteiger partial charge in [0.05, 0.1) is 0 Å². The highest BCUT2D eigenvalue weighted by Crippen LogP contribution is 2.07. The van der Waals surface area contributed by atoms with E-state index in [1.54, 1.807) is 0 Å². The number of nitrogens with one attached hydrogen (secondary N) is 2. The second-order valence-corrected chi connectivity index (χ2v) is 5.22. The van der Waals surface area contributed by atoms with Crippen LogP contribution in [0.2, 0.25) is 0 Å². The Morgan fingerprint density at radius 2 is 1.84 bits per heavy atom. The third kappa shape index (κ3) is 10.5. The zero-order chi connectivity index (χ0) is 14.7. The number of carbonyl (C=O) groups is 2. The molecule has 2 amide bonds. The molecule has 3 N–H and O–H groups in total. The minimum absolute atomic E-state index is 0.0125. The Kier molecular flexibility index (Phi) is 10.2. The first-order valence-corrected chi connectivity index (χ1v) is 7.12. The maximum absolute atomic E-state index is 11.7. The van der Waals surface area contributed by atoms with Crippen molar-refractivity contribution >= 4 is 11.8 Å². The average Bonchev–Trinajstić information content (AvgIpc) is 2.32. The number of hydrogen-bond acceptors (Lipinski definition) is 3. The van der Waals surface area contributed by atoms with E-state index in [2.05, 4.69) is 10.6 Å². The minimum atomic E-state index is -0.0125. The smallest absolute Gasteiger partial charge is 0.220 e. The molecule has 0 fully saturated rings. The fourth-order valence-corrected chi connectivity index (χ4v) is 1.84. The Labute approximate surface area is 116 Å². The van der Waals surface area contributed by atoms with Gasteiger partial charge in [0.1, 0.15) is 0 Å². The molecule has 19 heavy (non-hydrogen) atoms. The van der Waals surface area contributed by atoms with Gasteiger partial charge in [0.25, 0.3) is 0 Å². The van der Waals surface area contributed by atoms with Crippen LogP contribution in [0.15, 0.2) is 0 Å². The monoisotopic (exact) mass is 272 g/mol. The van der Waals surface area contributed by atoms with Crippen molar-refractivity contribution in [2.24, 2.45) is 5.92 Å². The number of carbonyl (C=O) groups excluding carboxylic acids is 2. The molecule has 1 atom stereocenters. The fourth-order valence-electron chi connectivity index (χ4n) is 1.84. The molecule has 5 nitrogen and oxygen atoms in total. The van der Waals surface area contributed by atoms with E-state index in [0.29, 0.717) is 25.3 Å². The molecule has 0 rings (SSSR count). The Bertz CT molecular complexity index is 267. The standard InChI is InChI=1S/C14H28N2O3/c1-11(2)13(8-10-17)16-14(19)7-5-4-6-9-15-12(3)18/h11,13,17H,4-10H2,1-3H3,(H,15,18)(H,16,19). The molecule has 1 unspecified atom stereocenters. The van der Waals surface area contributed by atoms with E-state index in [9.17, 15) is 9.59 Å². The molecular formula is C14H28N2O3. The molecule has 0 aliphatic carbocycles. The summed E-state index contributed by atoms with van der Waals surface area (Å²) in [7, 11) is 0. The number of unbranched alkanes of at least 4 members (excludes halogenated alkanes) is 2. The van der Waals surface area contributed by atoms with Crippen LogP contribution in [-0.2, 0) is 9.59 Å². The summed E-state index contributed by atoms with van der Waals surface area (Å²) in [4.78, 5) is 22.3. The van der Waals surface area contributed by atoms with Crippen LogP contribution in [0.4, 0.5) is 0 Å². The van der Waals surface area contributed by atoms with Gasteiger partial charge in [0, 0.05) is 32.5 Å². The molecule has 0 saturated carbocycles. The van der Waals surface area contributed by atoms with Gasteiger partial charge in [-0.2, -0.15) is 0 Å². The van der Waals surface area contributed by atoms with Crippen molar-refractivity contribution in [3.8, 4) is 0 Å². The van der Waals surface area contributed by atoms with Gasteiger partial charge in [-0.15, -0.1) is 0 Å². The van der Waals surface area contributed by atoms with Crippen molar-refractivity contribution in [2.75, 3.05) is 13.2 Å². The van der Waals surface area contributed by atoms with Crippen molar-refractivity contribution in [3.63, 3.8) is 0 Å². The normalized spacial score (nSPS) is 12.3. The molecule has 0 aliphatic rings. The van der Waals surface area contributed by atoms with Crippen LogP contribution in [0.5, 0.6) is 0 Å². The summed E-state index contributed by atoms with van der Waals surface area (Å²) in [6.45, 7) is 6.35. The Morgan fingerprint density at radius 1 is 1.16 bits per heavy atom. The lowest BCUT2D eigenvalue weighted by atomic mass is 10.0. The van der Waals surface area contributed by atoms with Crippen LogP contribution in [0.3, 0.4) is 0 Å². The van der Waals surface area contributed by atoms with Crippen molar-refractivity contribution in [1.82, 2.24) is 10.6 Å². The lowest BCUT2D eigenvalue weighted by molar-refractivity contribution is -0.122. The number of amides is 2. The first-order valence-electron chi connectivity index (χ1n) is 7.12. The van der Waals surface area contributed by atoms with Crippen LogP contribution in [-0.4, -0.2) is 36.1 Å². The Hall–Kier alpha value is -1.10. The number of hydrogen-bond donors (Lipinski definition) is 3. The molecule has 0 spiro atoms. The zero-order valence-corrected chi connectivity index (χ0v) is 12.4. The topological polar surface area (TPSA) is 78.4 Å². The molecule has 0 aromatic carbocycles. The summed E-state index contributed by atoms with van der Waals surface area (Å²) < 4.78 is 0. The quantitative estimate of drug-likeness (QED) is 0.523. The lowest BCUT2D eigenvalue weighted by Crippen LogP contribution is -2.39. The number of aliphatic hydroxyl groups excluding tert-OH is 1. The second kappa shape index (κ2) is 10.8. The average molecular weight is 272 g/mol. The lowest BCUT2D eigenvalue weighted by Gasteiger charge is -2.21. The molecule has 0 aromatic rings. The van der Waals surface area contributed by atoms with E-state index >= 15 is 0 Å². The molecular weight excluding hydrogens is 244 g/mol. The molecule has 112 valence electrons. The van der Waals surface area contributed by atoms with E-state index in [0.717, 1.165) is 19.3 Å². The Balaban J connectivity index is 3.65. The van der Waals surface area contributed by atoms with E-state index in [4.69, 9.17) is 5.11 Å². The maximum Gasteiger partial charge on any atom is 0.220 e. The van der Waals surface area contributed by atoms with E-state index in [-0.39, 0.29) is 24.5 Å². The predicted octanol–water partition coefficient (Wildman–Crippen LogP) is 1.21. The van der Waals surface area contributed by atoms with Gasteiger partial charge >= 0.3 is 0 Å². The molecule has 0 radical (unpaired) electrons. The summed E-state index contributed by atoms with van der Waals surface area (Å²) in [5.41, 5.74) is 0. The third-order valence-corrected chi connectivity index (χ3v) is 3.05. The largest absolute Gasteiger partial charge is 0.396 e. The Morgan fingerprint density at radius 3 is 2.37 bits per heavy atom. The van der Waals surface area contributed by atoms with Gasteiger partial charge in [0.15, 0.2) is 0 Å².